The Morgan fingerprint density at radius 2 is 1.81 bits per heavy atom. The van der Waals surface area contributed by atoms with Crippen LogP contribution in [-0.4, -0.2) is 55.3 Å². The van der Waals surface area contributed by atoms with Crippen molar-refractivity contribution in [2.75, 3.05) is 29.6 Å². The van der Waals surface area contributed by atoms with Crippen molar-refractivity contribution in [3.63, 3.8) is 0 Å². The van der Waals surface area contributed by atoms with E-state index in [9.17, 15) is 5.11 Å². The molecule has 3 aliphatic heterocycles. The van der Waals surface area contributed by atoms with E-state index in [1.54, 1.807) is 0 Å². The van der Waals surface area contributed by atoms with E-state index in [1.165, 1.54) is 28.6 Å². The van der Waals surface area contributed by atoms with Crippen LogP contribution in [0.5, 0.6) is 0 Å². The predicted molar refractivity (Wildman–Crippen MR) is 116 cm³/mol. The van der Waals surface area contributed by atoms with Crippen molar-refractivity contribution in [3.05, 3.63) is 35.9 Å². The molecule has 0 bridgehead atoms. The monoisotopic (exact) mass is 430 g/mol. The second kappa shape index (κ2) is 8.89. The number of thioether (sulfide) groups is 4. The smallest absolute Gasteiger partial charge is 0.169 e. The molecule has 144 valence electrons. The van der Waals surface area contributed by atoms with Crippen LogP contribution < -0.4 is 0 Å². The van der Waals surface area contributed by atoms with E-state index in [0.29, 0.717) is 17.8 Å². The zero-order chi connectivity index (χ0) is 17.9. The van der Waals surface area contributed by atoms with Gasteiger partial charge in [-0.1, -0.05) is 30.3 Å². The van der Waals surface area contributed by atoms with Gasteiger partial charge in [-0.25, -0.2) is 0 Å². The van der Waals surface area contributed by atoms with Crippen LogP contribution in [0.25, 0.3) is 0 Å². The molecule has 1 aromatic rings. The highest BCUT2D eigenvalue weighted by molar-refractivity contribution is 8.21. The molecule has 1 unspecified atom stereocenters. The second-order valence-electron chi connectivity index (χ2n) is 7.05. The van der Waals surface area contributed by atoms with Gasteiger partial charge < -0.3 is 14.6 Å². The summed E-state index contributed by atoms with van der Waals surface area (Å²) in [7, 11) is 0. The zero-order valence-corrected chi connectivity index (χ0v) is 18.1. The number of aliphatic hydroxyl groups is 1. The number of rotatable bonds is 6. The zero-order valence-electron chi connectivity index (χ0n) is 14.8. The minimum absolute atomic E-state index is 0.0352. The van der Waals surface area contributed by atoms with Crippen LogP contribution in [0.3, 0.4) is 0 Å². The van der Waals surface area contributed by atoms with Gasteiger partial charge in [0.05, 0.1) is 28.0 Å². The third kappa shape index (κ3) is 5.10. The summed E-state index contributed by atoms with van der Waals surface area (Å²) in [5.41, 5.74) is 1.18. The minimum Gasteiger partial charge on any atom is -0.374 e. The average molecular weight is 431 g/mol. The first kappa shape index (κ1) is 19.8. The molecule has 3 saturated heterocycles. The first-order valence-electron chi connectivity index (χ1n) is 9.18. The molecule has 3 fully saturated rings. The molecule has 2 atom stereocenters. The molecule has 0 radical (unpaired) electrons. The Labute approximate surface area is 173 Å². The molecule has 26 heavy (non-hydrogen) atoms. The standard InChI is InChI=1S/C19H26O3S4/c20-18(11-17-23-6-7-24-17)14-19(25-8-9-26-19)10-16(22-18)13-21-12-15-4-2-1-3-5-15/h1-5,16-17,20H,6-14H2/t16-,18?/m1/s1. The van der Waals surface area contributed by atoms with E-state index < -0.39 is 5.79 Å². The van der Waals surface area contributed by atoms with Crippen molar-refractivity contribution in [2.45, 2.75) is 46.4 Å². The Morgan fingerprint density at radius 1 is 1.08 bits per heavy atom. The van der Waals surface area contributed by atoms with Gasteiger partial charge in [0.15, 0.2) is 5.79 Å². The molecular weight excluding hydrogens is 404 g/mol. The van der Waals surface area contributed by atoms with E-state index in [-0.39, 0.29) is 10.2 Å². The van der Waals surface area contributed by atoms with Crippen molar-refractivity contribution in [1.82, 2.24) is 0 Å². The topological polar surface area (TPSA) is 38.7 Å². The highest BCUT2D eigenvalue weighted by Crippen LogP contribution is 2.56. The number of hydrogen-bond acceptors (Lipinski definition) is 7. The fourth-order valence-electron chi connectivity index (χ4n) is 3.83. The van der Waals surface area contributed by atoms with Crippen molar-refractivity contribution in [2.24, 2.45) is 0 Å². The molecule has 1 N–H and O–H groups in total. The summed E-state index contributed by atoms with van der Waals surface area (Å²) in [5.74, 6) is 3.70. The Bertz CT molecular complexity index is 575. The Balaban J connectivity index is 1.38. The molecule has 3 heterocycles. The number of ether oxygens (including phenoxy) is 2. The third-order valence-electron chi connectivity index (χ3n) is 4.88. The summed E-state index contributed by atoms with van der Waals surface area (Å²) in [6.45, 7) is 1.14. The van der Waals surface area contributed by atoms with Gasteiger partial charge in [-0.3, -0.25) is 0 Å². The molecule has 3 nitrogen and oxygen atoms in total. The Kier molecular flexibility index (Phi) is 6.77. The van der Waals surface area contributed by atoms with E-state index in [4.69, 9.17) is 9.47 Å². The predicted octanol–water partition coefficient (Wildman–Crippen LogP) is 4.44. The second-order valence-corrected chi connectivity index (χ2v) is 13.2. The molecule has 0 amide bonds. The van der Waals surface area contributed by atoms with Gasteiger partial charge in [0.25, 0.3) is 0 Å². The number of hydrogen-bond donors (Lipinski definition) is 1. The minimum atomic E-state index is -1.02. The highest BCUT2D eigenvalue weighted by atomic mass is 32.2. The normalized spacial score (nSPS) is 31.7. The summed E-state index contributed by atoms with van der Waals surface area (Å²) < 4.78 is 12.8. The maximum absolute atomic E-state index is 11.3. The Hall–Kier alpha value is 0.500. The van der Waals surface area contributed by atoms with Crippen molar-refractivity contribution in [3.8, 4) is 0 Å². The van der Waals surface area contributed by atoms with Gasteiger partial charge in [-0.2, -0.15) is 0 Å². The van der Waals surface area contributed by atoms with Crippen LogP contribution in [0, 0.1) is 0 Å². The molecule has 0 aromatic heterocycles. The van der Waals surface area contributed by atoms with Crippen molar-refractivity contribution in [1.29, 1.82) is 0 Å². The molecule has 1 spiro atoms. The lowest BCUT2D eigenvalue weighted by atomic mass is 9.98. The third-order valence-corrected chi connectivity index (χ3v) is 11.4. The lowest BCUT2D eigenvalue weighted by molar-refractivity contribution is -0.263. The molecular formula is C19H26O3S4. The fourth-order valence-corrected chi connectivity index (χ4v) is 10.4. The van der Waals surface area contributed by atoms with Gasteiger partial charge in [0.2, 0.25) is 0 Å². The quantitative estimate of drug-likeness (QED) is 0.715. The van der Waals surface area contributed by atoms with Crippen LogP contribution in [0.1, 0.15) is 24.8 Å². The average Bonchev–Trinajstić information content (AvgIpc) is 3.27. The van der Waals surface area contributed by atoms with Crippen LogP contribution in [-0.2, 0) is 16.1 Å². The van der Waals surface area contributed by atoms with E-state index in [1.807, 2.05) is 65.2 Å². The van der Waals surface area contributed by atoms with E-state index in [0.717, 1.165) is 19.3 Å². The SMILES string of the molecule is OC1(CC2SCCS2)CC2(C[C@H](COCc3ccccc3)O1)SCCS2. The summed E-state index contributed by atoms with van der Waals surface area (Å²) in [6, 6.07) is 10.2. The lowest BCUT2D eigenvalue weighted by Gasteiger charge is -2.46. The van der Waals surface area contributed by atoms with Gasteiger partial charge in [0, 0.05) is 35.9 Å². The summed E-state index contributed by atoms with van der Waals surface area (Å²) in [5, 5.41) is 11.3. The maximum Gasteiger partial charge on any atom is 0.169 e. The largest absolute Gasteiger partial charge is 0.374 e. The lowest BCUT2D eigenvalue weighted by Crippen LogP contribution is -2.51. The van der Waals surface area contributed by atoms with Gasteiger partial charge in [-0.15, -0.1) is 47.0 Å². The van der Waals surface area contributed by atoms with Gasteiger partial charge >= 0.3 is 0 Å². The summed E-state index contributed by atoms with van der Waals surface area (Å²) in [4.78, 5) is 0. The van der Waals surface area contributed by atoms with E-state index in [2.05, 4.69) is 12.1 Å². The van der Waals surface area contributed by atoms with Crippen LogP contribution in [0.2, 0.25) is 0 Å². The van der Waals surface area contributed by atoms with E-state index >= 15 is 0 Å². The fraction of sp³-hybridized carbons (Fsp3) is 0.684. The van der Waals surface area contributed by atoms with Crippen molar-refractivity contribution >= 4 is 47.0 Å². The number of benzene rings is 1. The molecule has 4 rings (SSSR count). The van der Waals surface area contributed by atoms with Gasteiger partial charge in [0.1, 0.15) is 0 Å². The molecule has 3 aliphatic rings. The highest BCUT2D eigenvalue weighted by Gasteiger charge is 2.51. The van der Waals surface area contributed by atoms with Crippen LogP contribution in [0.4, 0.5) is 0 Å². The molecule has 0 aliphatic carbocycles. The molecule has 0 saturated carbocycles. The van der Waals surface area contributed by atoms with Crippen LogP contribution in [0.15, 0.2) is 30.3 Å². The summed E-state index contributed by atoms with van der Waals surface area (Å²) >= 11 is 7.95. The summed E-state index contributed by atoms with van der Waals surface area (Å²) in [6.07, 6.45) is 2.39. The van der Waals surface area contributed by atoms with Crippen LogP contribution >= 0.6 is 47.0 Å². The first-order valence-corrected chi connectivity index (χ1v) is 13.2. The molecule has 1 aromatic carbocycles. The maximum atomic E-state index is 11.3. The first-order chi connectivity index (χ1) is 12.6. The van der Waals surface area contributed by atoms with Gasteiger partial charge in [-0.05, 0) is 12.0 Å². The Morgan fingerprint density at radius 3 is 2.54 bits per heavy atom. The van der Waals surface area contributed by atoms with Crippen molar-refractivity contribution < 1.29 is 14.6 Å². The molecule has 7 heteroatoms.